The number of benzene rings is 2. The summed E-state index contributed by atoms with van der Waals surface area (Å²) in [5.41, 5.74) is 4.21. The van der Waals surface area contributed by atoms with Crippen molar-refractivity contribution < 1.29 is 9.84 Å². The summed E-state index contributed by atoms with van der Waals surface area (Å²) >= 11 is 0. The molecule has 2 aromatic carbocycles. The van der Waals surface area contributed by atoms with Crippen molar-refractivity contribution in [1.29, 1.82) is 0 Å². The van der Waals surface area contributed by atoms with E-state index in [-0.39, 0.29) is 0 Å². The molecule has 2 nitrogen and oxygen atoms in total. The summed E-state index contributed by atoms with van der Waals surface area (Å²) in [5.74, 6) is 1.31. The van der Waals surface area contributed by atoms with E-state index in [0.717, 1.165) is 40.9 Å². The lowest BCUT2D eigenvalue weighted by molar-refractivity contribution is 0.416. The highest BCUT2D eigenvalue weighted by atomic mass is 16.5. The molecule has 1 fully saturated rings. The first-order chi connectivity index (χ1) is 9.29. The van der Waals surface area contributed by atoms with Crippen LogP contribution in [0.3, 0.4) is 0 Å². The first kappa shape index (κ1) is 11.8. The van der Waals surface area contributed by atoms with Crippen molar-refractivity contribution in [2.45, 2.75) is 12.8 Å². The Morgan fingerprint density at radius 3 is 2.32 bits per heavy atom. The quantitative estimate of drug-likeness (QED) is 0.819. The summed E-state index contributed by atoms with van der Waals surface area (Å²) in [6, 6.07) is 15.9. The average Bonchev–Trinajstić information content (AvgIpc) is 3.31. The molecule has 0 saturated heterocycles. The molecule has 0 radical (unpaired) electrons. The molecule has 0 unspecified atom stereocenters. The fraction of sp³-hybridized carbons (Fsp3) is 0.176. The van der Waals surface area contributed by atoms with Gasteiger partial charge in [0.05, 0.1) is 7.11 Å². The van der Waals surface area contributed by atoms with Gasteiger partial charge in [-0.25, -0.2) is 0 Å². The van der Waals surface area contributed by atoms with E-state index < -0.39 is 0 Å². The maximum atomic E-state index is 9.98. The minimum Gasteiger partial charge on any atom is -0.507 e. The Hall–Kier alpha value is -2.22. The molecule has 19 heavy (non-hydrogen) atoms. The third-order valence-electron chi connectivity index (χ3n) is 3.41. The van der Waals surface area contributed by atoms with Crippen LogP contribution in [0.5, 0.6) is 5.75 Å². The smallest absolute Gasteiger partial charge is 0.126 e. The minimum absolute atomic E-state index is 0.451. The third-order valence-corrected chi connectivity index (χ3v) is 3.41. The average molecular weight is 252 g/mol. The van der Waals surface area contributed by atoms with Crippen molar-refractivity contribution in [1.82, 2.24) is 0 Å². The summed E-state index contributed by atoms with van der Waals surface area (Å²) in [7, 11) is 1.68. The molecule has 0 amide bonds. The number of rotatable bonds is 3. The second kappa shape index (κ2) is 4.81. The number of aliphatic hydroxyl groups is 1. The third kappa shape index (κ3) is 2.34. The number of aliphatic hydroxyl groups excluding tert-OH is 1. The van der Waals surface area contributed by atoms with E-state index in [4.69, 9.17) is 4.74 Å². The van der Waals surface area contributed by atoms with Crippen molar-refractivity contribution in [2.24, 2.45) is 0 Å². The van der Waals surface area contributed by atoms with Crippen molar-refractivity contribution >= 4 is 5.76 Å². The Bertz CT molecular complexity index is 618. The molecule has 3 rings (SSSR count). The number of hydrogen-bond acceptors (Lipinski definition) is 2. The number of ether oxygens (including phenoxy) is 1. The Balaban J connectivity index is 1.96. The van der Waals surface area contributed by atoms with Gasteiger partial charge in [0.2, 0.25) is 0 Å². The Morgan fingerprint density at radius 1 is 1.00 bits per heavy atom. The van der Waals surface area contributed by atoms with Gasteiger partial charge in [0.25, 0.3) is 0 Å². The van der Waals surface area contributed by atoms with Crippen molar-refractivity contribution in [3.8, 4) is 16.9 Å². The predicted molar refractivity (Wildman–Crippen MR) is 77.2 cm³/mol. The maximum absolute atomic E-state index is 9.98. The molecule has 0 atom stereocenters. The van der Waals surface area contributed by atoms with Crippen LogP contribution in [0.1, 0.15) is 18.4 Å². The Labute approximate surface area is 113 Å². The van der Waals surface area contributed by atoms with Gasteiger partial charge >= 0.3 is 0 Å². The van der Waals surface area contributed by atoms with Gasteiger partial charge in [-0.15, -0.1) is 0 Å². The lowest BCUT2D eigenvalue weighted by atomic mass is 10.0. The Kier molecular flexibility index (Phi) is 3.00. The standard InChI is InChI=1S/C17H16O2/c1-19-16-5-3-2-4-15(16)12-6-8-13(9-7-12)17(18)14-10-11-14/h2-9,18H,10-11H2,1H3. The van der Waals surface area contributed by atoms with Crippen molar-refractivity contribution in [2.75, 3.05) is 7.11 Å². The zero-order valence-corrected chi connectivity index (χ0v) is 10.9. The lowest BCUT2D eigenvalue weighted by Crippen LogP contribution is -1.88. The van der Waals surface area contributed by atoms with Gasteiger partial charge in [0.1, 0.15) is 11.5 Å². The number of methoxy groups -OCH3 is 1. The highest BCUT2D eigenvalue weighted by Gasteiger charge is 2.18. The highest BCUT2D eigenvalue weighted by molar-refractivity contribution is 5.73. The molecule has 1 aliphatic carbocycles. The van der Waals surface area contributed by atoms with Crippen LogP contribution in [0.15, 0.2) is 54.1 Å². The largest absolute Gasteiger partial charge is 0.507 e. The monoisotopic (exact) mass is 252 g/mol. The van der Waals surface area contributed by atoms with E-state index >= 15 is 0 Å². The number of para-hydroxylation sites is 1. The molecule has 1 N–H and O–H groups in total. The molecule has 0 spiro atoms. The SMILES string of the molecule is COc1ccccc1-c1ccc(C(O)=C2CC2)cc1. The zero-order chi connectivity index (χ0) is 13.2. The van der Waals surface area contributed by atoms with Gasteiger partial charge in [0.15, 0.2) is 0 Å². The molecular weight excluding hydrogens is 236 g/mol. The molecule has 1 aliphatic rings. The fourth-order valence-corrected chi connectivity index (χ4v) is 2.19. The first-order valence-corrected chi connectivity index (χ1v) is 6.44. The summed E-state index contributed by atoms with van der Waals surface area (Å²) in [6.45, 7) is 0. The van der Waals surface area contributed by atoms with Crippen LogP contribution in [0.4, 0.5) is 0 Å². The van der Waals surface area contributed by atoms with Gasteiger partial charge in [-0.1, -0.05) is 42.5 Å². The topological polar surface area (TPSA) is 29.5 Å². The molecular formula is C17H16O2. The van der Waals surface area contributed by atoms with E-state index in [0.29, 0.717) is 5.76 Å². The summed E-state index contributed by atoms with van der Waals surface area (Å²) in [4.78, 5) is 0. The second-order valence-electron chi connectivity index (χ2n) is 4.73. The van der Waals surface area contributed by atoms with Gasteiger partial charge in [-0.2, -0.15) is 0 Å². The number of hydrogen-bond donors (Lipinski definition) is 1. The van der Waals surface area contributed by atoms with E-state index in [1.165, 1.54) is 0 Å². The lowest BCUT2D eigenvalue weighted by Gasteiger charge is -2.09. The van der Waals surface area contributed by atoms with E-state index in [9.17, 15) is 5.11 Å². The highest BCUT2D eigenvalue weighted by Crippen LogP contribution is 2.36. The first-order valence-electron chi connectivity index (χ1n) is 6.44. The van der Waals surface area contributed by atoms with Crippen LogP contribution in [0, 0.1) is 0 Å². The summed E-state index contributed by atoms with van der Waals surface area (Å²) in [6.07, 6.45) is 2.06. The molecule has 2 heteroatoms. The van der Waals surface area contributed by atoms with Crippen LogP contribution in [-0.4, -0.2) is 12.2 Å². The molecule has 96 valence electrons. The normalized spacial score (nSPS) is 13.2. The second-order valence-corrected chi connectivity index (χ2v) is 4.73. The van der Waals surface area contributed by atoms with Crippen LogP contribution in [0.25, 0.3) is 16.9 Å². The van der Waals surface area contributed by atoms with Crippen LogP contribution < -0.4 is 4.74 Å². The van der Waals surface area contributed by atoms with Gasteiger partial charge in [0, 0.05) is 11.1 Å². The fourth-order valence-electron chi connectivity index (χ4n) is 2.19. The molecule has 0 aromatic heterocycles. The Morgan fingerprint density at radius 2 is 1.68 bits per heavy atom. The van der Waals surface area contributed by atoms with E-state index in [2.05, 4.69) is 0 Å². The minimum atomic E-state index is 0.451. The molecule has 0 bridgehead atoms. The summed E-state index contributed by atoms with van der Waals surface area (Å²) < 4.78 is 5.37. The summed E-state index contributed by atoms with van der Waals surface area (Å²) in [5, 5.41) is 9.98. The van der Waals surface area contributed by atoms with Crippen LogP contribution in [-0.2, 0) is 0 Å². The molecule has 0 aliphatic heterocycles. The van der Waals surface area contributed by atoms with Crippen LogP contribution in [0.2, 0.25) is 0 Å². The number of allylic oxidation sites excluding steroid dienone is 1. The van der Waals surface area contributed by atoms with Gasteiger partial charge < -0.3 is 9.84 Å². The van der Waals surface area contributed by atoms with E-state index in [1.54, 1.807) is 7.11 Å². The molecule has 0 heterocycles. The van der Waals surface area contributed by atoms with Crippen molar-refractivity contribution in [3.63, 3.8) is 0 Å². The van der Waals surface area contributed by atoms with Gasteiger partial charge in [-0.05, 0) is 30.0 Å². The van der Waals surface area contributed by atoms with E-state index in [1.807, 2.05) is 48.5 Å². The molecule has 2 aromatic rings. The van der Waals surface area contributed by atoms with Crippen molar-refractivity contribution in [3.05, 3.63) is 59.7 Å². The maximum Gasteiger partial charge on any atom is 0.126 e. The van der Waals surface area contributed by atoms with Gasteiger partial charge in [-0.3, -0.25) is 0 Å². The molecule has 1 saturated carbocycles. The zero-order valence-electron chi connectivity index (χ0n) is 10.9. The van der Waals surface area contributed by atoms with Crippen LogP contribution >= 0.6 is 0 Å². The predicted octanol–water partition coefficient (Wildman–Crippen LogP) is 4.43.